The zero-order chi connectivity index (χ0) is 30.1. The average molecular weight is 581 g/mol. The number of ether oxygens (including phenoxy) is 1. The second-order valence-electron chi connectivity index (χ2n) is 12.5. The number of esters is 1. The summed E-state index contributed by atoms with van der Waals surface area (Å²) in [5, 5.41) is 2.83. The maximum Gasteiger partial charge on any atom is 0.306 e. The Balaban J connectivity index is 4.01. The Morgan fingerprint density at radius 1 is 0.537 bits per heavy atom. The molecule has 3 N–H and O–H groups in total. The number of carbonyl (C=O) groups excluding carboxylic acids is 2. The molecule has 0 saturated heterocycles. The van der Waals surface area contributed by atoms with Crippen LogP contribution in [0.15, 0.2) is 0 Å². The molecule has 41 heavy (non-hydrogen) atoms. The van der Waals surface area contributed by atoms with E-state index >= 15 is 0 Å². The van der Waals surface area contributed by atoms with Crippen LogP contribution in [0.25, 0.3) is 0 Å². The second-order valence-corrected chi connectivity index (χ2v) is 12.5. The number of nitrogens with two attached hydrogens (primary N) is 1. The molecule has 0 spiro atoms. The Hall–Kier alpha value is -1.10. The maximum absolute atomic E-state index is 12.6. The molecule has 0 rings (SSSR count). The highest BCUT2D eigenvalue weighted by Crippen LogP contribution is 2.18. The first-order valence-electron chi connectivity index (χ1n) is 18.3. The van der Waals surface area contributed by atoms with Gasteiger partial charge in [-0.15, -0.1) is 0 Å². The summed E-state index contributed by atoms with van der Waals surface area (Å²) in [4.78, 5) is 24.5. The molecule has 0 fully saturated rings. The van der Waals surface area contributed by atoms with Crippen LogP contribution >= 0.6 is 0 Å². The number of carbonyl (C=O) groups is 2. The summed E-state index contributed by atoms with van der Waals surface area (Å²) >= 11 is 0. The van der Waals surface area contributed by atoms with Crippen molar-refractivity contribution in [2.45, 2.75) is 206 Å². The molecule has 0 aliphatic rings. The Morgan fingerprint density at radius 3 is 1.37 bits per heavy atom. The van der Waals surface area contributed by atoms with Crippen molar-refractivity contribution in [3.05, 3.63) is 0 Å². The van der Waals surface area contributed by atoms with E-state index < -0.39 is 0 Å². The van der Waals surface area contributed by atoms with Gasteiger partial charge in [0.1, 0.15) is 6.10 Å². The van der Waals surface area contributed by atoms with Crippen LogP contribution in [0.4, 0.5) is 0 Å². The van der Waals surface area contributed by atoms with Gasteiger partial charge in [0.15, 0.2) is 0 Å². The topological polar surface area (TPSA) is 81.4 Å². The van der Waals surface area contributed by atoms with Gasteiger partial charge >= 0.3 is 5.97 Å². The Bertz CT molecular complexity index is 555. The minimum atomic E-state index is -0.0506. The molecular formula is C36H72N2O3. The molecule has 0 heterocycles. The van der Waals surface area contributed by atoms with E-state index in [0.717, 1.165) is 38.5 Å². The summed E-state index contributed by atoms with van der Waals surface area (Å²) in [6.45, 7) is 5.53. The van der Waals surface area contributed by atoms with Gasteiger partial charge < -0.3 is 15.8 Å². The van der Waals surface area contributed by atoms with Gasteiger partial charge in [-0.25, -0.2) is 0 Å². The molecular weight excluding hydrogens is 508 g/mol. The lowest BCUT2D eigenvalue weighted by Gasteiger charge is -2.18. The highest BCUT2D eigenvalue weighted by atomic mass is 16.5. The van der Waals surface area contributed by atoms with Crippen molar-refractivity contribution in [2.75, 3.05) is 13.1 Å². The van der Waals surface area contributed by atoms with Crippen molar-refractivity contribution in [1.82, 2.24) is 5.32 Å². The fourth-order valence-corrected chi connectivity index (χ4v) is 5.62. The van der Waals surface area contributed by atoms with Crippen molar-refractivity contribution < 1.29 is 14.3 Å². The minimum absolute atomic E-state index is 0.0437. The van der Waals surface area contributed by atoms with Crippen LogP contribution in [0.5, 0.6) is 0 Å². The Morgan fingerprint density at radius 2 is 0.927 bits per heavy atom. The van der Waals surface area contributed by atoms with Crippen molar-refractivity contribution in [1.29, 1.82) is 0 Å². The molecule has 0 aromatic rings. The maximum atomic E-state index is 12.6. The fraction of sp³-hybridized carbons (Fsp3) is 0.944. The molecule has 244 valence electrons. The summed E-state index contributed by atoms with van der Waals surface area (Å²) in [5.41, 5.74) is 5.48. The third kappa shape index (κ3) is 31.7. The van der Waals surface area contributed by atoms with E-state index in [0.29, 0.717) is 25.9 Å². The molecule has 0 radical (unpaired) electrons. The molecule has 0 aliphatic carbocycles. The Labute approximate surface area is 256 Å². The van der Waals surface area contributed by atoms with Gasteiger partial charge in [0.05, 0.1) is 0 Å². The van der Waals surface area contributed by atoms with E-state index in [1.165, 1.54) is 135 Å². The van der Waals surface area contributed by atoms with Gasteiger partial charge in [-0.2, -0.15) is 0 Å². The van der Waals surface area contributed by atoms with E-state index in [4.69, 9.17) is 10.5 Å². The van der Waals surface area contributed by atoms with E-state index in [1.54, 1.807) is 0 Å². The molecule has 0 saturated carbocycles. The number of unbranched alkanes of at least 4 members (excludes halogenated alkanes) is 22. The molecule has 5 nitrogen and oxygen atoms in total. The highest BCUT2D eigenvalue weighted by Gasteiger charge is 2.15. The molecule has 0 bridgehead atoms. The lowest BCUT2D eigenvalue weighted by molar-refractivity contribution is -0.150. The van der Waals surface area contributed by atoms with Crippen molar-refractivity contribution in [2.24, 2.45) is 5.73 Å². The van der Waals surface area contributed by atoms with Crippen molar-refractivity contribution >= 4 is 11.9 Å². The van der Waals surface area contributed by atoms with Crippen LogP contribution in [0, 0.1) is 0 Å². The summed E-state index contributed by atoms with van der Waals surface area (Å²) in [5.74, 6) is -0.00377. The normalized spacial score (nSPS) is 12.0. The monoisotopic (exact) mass is 581 g/mol. The summed E-state index contributed by atoms with van der Waals surface area (Å²) in [7, 11) is 0. The van der Waals surface area contributed by atoms with Crippen LogP contribution in [0.2, 0.25) is 0 Å². The van der Waals surface area contributed by atoms with Gasteiger partial charge in [-0.05, 0) is 32.1 Å². The zero-order valence-electron chi connectivity index (χ0n) is 27.8. The van der Waals surface area contributed by atoms with Gasteiger partial charge in [0, 0.05) is 25.9 Å². The second kappa shape index (κ2) is 33.4. The highest BCUT2D eigenvalue weighted by molar-refractivity contribution is 5.75. The predicted molar refractivity (Wildman–Crippen MR) is 177 cm³/mol. The van der Waals surface area contributed by atoms with Crippen LogP contribution in [-0.2, 0) is 14.3 Å². The summed E-state index contributed by atoms with van der Waals surface area (Å²) < 4.78 is 5.92. The van der Waals surface area contributed by atoms with Gasteiger partial charge in [0.2, 0.25) is 5.91 Å². The first-order valence-corrected chi connectivity index (χ1v) is 18.3. The summed E-state index contributed by atoms with van der Waals surface area (Å²) in [6, 6.07) is 0. The third-order valence-electron chi connectivity index (χ3n) is 8.31. The fourth-order valence-electron chi connectivity index (χ4n) is 5.62. The van der Waals surface area contributed by atoms with E-state index in [1.807, 2.05) is 0 Å². The smallest absolute Gasteiger partial charge is 0.306 e. The average Bonchev–Trinajstić information content (AvgIpc) is 2.97. The molecule has 5 heteroatoms. The number of hydrogen-bond donors (Lipinski definition) is 2. The van der Waals surface area contributed by atoms with Crippen LogP contribution in [-0.4, -0.2) is 31.1 Å². The van der Waals surface area contributed by atoms with E-state index in [-0.39, 0.29) is 18.0 Å². The quantitative estimate of drug-likeness (QED) is 0.0597. The predicted octanol–water partition coefficient (Wildman–Crippen LogP) is 10.3. The first kappa shape index (κ1) is 39.9. The minimum Gasteiger partial charge on any atom is -0.462 e. The first-order chi connectivity index (χ1) is 20.1. The van der Waals surface area contributed by atoms with Crippen LogP contribution < -0.4 is 11.1 Å². The number of hydrogen-bond acceptors (Lipinski definition) is 4. The van der Waals surface area contributed by atoms with Gasteiger partial charge in [-0.3, -0.25) is 9.59 Å². The van der Waals surface area contributed by atoms with Gasteiger partial charge in [-0.1, -0.05) is 155 Å². The van der Waals surface area contributed by atoms with Gasteiger partial charge in [0.25, 0.3) is 0 Å². The molecule has 1 unspecified atom stereocenters. The lowest BCUT2D eigenvalue weighted by atomic mass is 10.0. The SMILES string of the molecule is CCCCCCCCCCCCCCCC(=O)OC(CCCCCCCCCCCCC)CCCC(=O)NCCN. The molecule has 0 aliphatic heterocycles. The Kier molecular flexibility index (Phi) is 32.5. The standard InChI is InChI=1S/C36H72N2O3/c1-3-5-7-9-11-13-15-16-18-20-22-24-26-31-36(40)41-34(29-27-30-35(39)38-33-32-37)28-25-23-21-19-17-14-12-10-8-6-4-2/h34H,3-33,37H2,1-2H3,(H,38,39). The zero-order valence-corrected chi connectivity index (χ0v) is 27.8. The van der Waals surface area contributed by atoms with Crippen LogP contribution in [0.1, 0.15) is 200 Å². The molecule has 1 amide bonds. The lowest BCUT2D eigenvalue weighted by Crippen LogP contribution is -2.29. The third-order valence-corrected chi connectivity index (χ3v) is 8.31. The van der Waals surface area contributed by atoms with E-state index in [2.05, 4.69) is 19.2 Å². The molecule has 1 atom stereocenters. The number of rotatable bonds is 33. The van der Waals surface area contributed by atoms with Crippen molar-refractivity contribution in [3.8, 4) is 0 Å². The molecule has 0 aromatic carbocycles. The van der Waals surface area contributed by atoms with E-state index in [9.17, 15) is 9.59 Å². The summed E-state index contributed by atoms with van der Waals surface area (Å²) in [6.07, 6.45) is 34.9. The molecule has 0 aromatic heterocycles. The number of nitrogens with one attached hydrogen (secondary N) is 1. The number of amides is 1. The largest absolute Gasteiger partial charge is 0.462 e. The van der Waals surface area contributed by atoms with Crippen LogP contribution in [0.3, 0.4) is 0 Å². The van der Waals surface area contributed by atoms with Crippen molar-refractivity contribution in [3.63, 3.8) is 0 Å².